The van der Waals surface area contributed by atoms with Gasteiger partial charge in [-0.05, 0) is 54.2 Å². The number of aliphatic hydroxyl groups is 1. The van der Waals surface area contributed by atoms with E-state index < -0.39 is 23.6 Å². The number of likely N-dealkylation sites (tertiary alicyclic amines) is 1. The number of nitrogens with zero attached hydrogens (tertiary/aromatic N) is 7. The van der Waals surface area contributed by atoms with Crippen molar-refractivity contribution in [2.45, 2.75) is 65.3 Å². The van der Waals surface area contributed by atoms with E-state index in [1.807, 2.05) is 88.7 Å². The monoisotopic (exact) mass is 840 g/mol. The topological polar surface area (TPSA) is 173 Å². The molecule has 14 nitrogen and oxygen atoms in total. The van der Waals surface area contributed by atoms with E-state index in [9.17, 15) is 19.5 Å². The highest BCUT2D eigenvalue weighted by atomic mass is 32.1. The zero-order valence-corrected chi connectivity index (χ0v) is 35.9. The number of aryl methyl sites for hydroxylation is 1. The Morgan fingerprint density at radius 2 is 1.67 bits per heavy atom. The summed E-state index contributed by atoms with van der Waals surface area (Å²) >= 11 is 1.59. The summed E-state index contributed by atoms with van der Waals surface area (Å²) in [5.41, 5.74) is 9.85. The Hall–Kier alpha value is -6.03. The fourth-order valence-electron chi connectivity index (χ4n) is 8.29. The number of thiazole rings is 1. The minimum Gasteiger partial charge on any atom is -0.391 e. The van der Waals surface area contributed by atoms with Gasteiger partial charge in [-0.25, -0.2) is 4.98 Å². The highest BCUT2D eigenvalue weighted by Crippen LogP contribution is 2.32. The van der Waals surface area contributed by atoms with Crippen LogP contribution in [0.15, 0.2) is 90.7 Å². The lowest BCUT2D eigenvalue weighted by Gasteiger charge is -2.37. The second kappa shape index (κ2) is 17.5. The first-order valence-corrected chi connectivity index (χ1v) is 21.6. The summed E-state index contributed by atoms with van der Waals surface area (Å²) in [5, 5.41) is 33.7. The molecular weight excluding hydrogens is 789 g/mol. The maximum Gasteiger partial charge on any atom is 0.246 e. The molecular formula is C46H52N10O4S. The van der Waals surface area contributed by atoms with Crippen LogP contribution in [0.5, 0.6) is 0 Å². The van der Waals surface area contributed by atoms with Gasteiger partial charge < -0.3 is 25.5 Å². The standard InChI is InChI=1S/C46H52N10O4S/c1-28(30-9-11-32(12-10-30)42-29(2)47-27-61-42)50-44(59)39-22-36(57)25-56(39)45(60)43(46(3,4)5)51-40(58)26-54-17-19-55(20-18-54)35-15-13-31(14-16-35)34-21-38(52-48-24-34)37-8-6-7-33-23-49-53-41(33)37/h6-16,21,23-24,27-28,36,39,43,57H,17-20,22,25-26H2,1-5H3,(H,49,53)(H,50,59)(H,51,58)/t28-,36+,39-,43?/m0/s1. The first kappa shape index (κ1) is 41.7. The molecule has 4 N–H and O–H groups in total. The lowest BCUT2D eigenvalue weighted by atomic mass is 9.85. The van der Waals surface area contributed by atoms with Crippen molar-refractivity contribution in [3.63, 3.8) is 0 Å². The highest BCUT2D eigenvalue weighted by Gasteiger charge is 2.45. The van der Waals surface area contributed by atoms with Crippen molar-refractivity contribution >= 4 is 45.6 Å². The Labute approximate surface area is 359 Å². The molecule has 0 spiro atoms. The third-order valence-corrected chi connectivity index (χ3v) is 12.8. The Morgan fingerprint density at radius 3 is 2.38 bits per heavy atom. The molecule has 61 heavy (non-hydrogen) atoms. The molecule has 3 aromatic heterocycles. The molecule has 2 aliphatic rings. The molecule has 5 heterocycles. The number of piperazine rings is 1. The van der Waals surface area contributed by atoms with Crippen molar-refractivity contribution in [2.24, 2.45) is 5.41 Å². The van der Waals surface area contributed by atoms with Crippen LogP contribution in [-0.4, -0.2) is 115 Å². The van der Waals surface area contributed by atoms with Crippen LogP contribution in [0.1, 0.15) is 51.4 Å². The van der Waals surface area contributed by atoms with Gasteiger partial charge in [0, 0.05) is 61.3 Å². The Bertz CT molecular complexity index is 2510. The fraction of sp³-hybridized carbons (Fsp3) is 0.370. The minimum absolute atomic E-state index is 0.0168. The molecule has 2 fully saturated rings. The molecule has 316 valence electrons. The van der Waals surface area contributed by atoms with Gasteiger partial charge in [-0.2, -0.15) is 15.3 Å². The van der Waals surface area contributed by atoms with Gasteiger partial charge in [0.25, 0.3) is 0 Å². The van der Waals surface area contributed by atoms with Crippen LogP contribution >= 0.6 is 11.3 Å². The lowest BCUT2D eigenvalue weighted by molar-refractivity contribution is -0.144. The summed E-state index contributed by atoms with van der Waals surface area (Å²) in [6.45, 7) is 12.5. The number of aromatic nitrogens is 5. The van der Waals surface area contributed by atoms with E-state index in [1.165, 1.54) is 4.90 Å². The lowest BCUT2D eigenvalue weighted by Crippen LogP contribution is -2.59. The van der Waals surface area contributed by atoms with Gasteiger partial charge in [-0.15, -0.1) is 11.3 Å². The number of fused-ring (bicyclic) bond motifs is 1. The molecule has 2 saturated heterocycles. The van der Waals surface area contributed by atoms with Crippen molar-refractivity contribution < 1.29 is 19.5 Å². The van der Waals surface area contributed by atoms with Crippen molar-refractivity contribution in [2.75, 3.05) is 44.2 Å². The first-order valence-electron chi connectivity index (χ1n) is 20.7. The highest BCUT2D eigenvalue weighted by molar-refractivity contribution is 7.13. The number of nitrogens with one attached hydrogen (secondary N) is 3. The maximum absolute atomic E-state index is 14.2. The number of anilines is 1. The number of β-amino-alcohol motifs (C(OH)–C–C–N with tert-alkyl or cyclic N) is 1. The summed E-state index contributed by atoms with van der Waals surface area (Å²) in [4.78, 5) is 52.8. The summed E-state index contributed by atoms with van der Waals surface area (Å²) in [7, 11) is 0. The second-order valence-corrected chi connectivity index (χ2v) is 18.0. The normalized spacial score (nSPS) is 18.3. The number of benzene rings is 3. The third kappa shape index (κ3) is 9.19. The van der Waals surface area contributed by atoms with Gasteiger partial charge in [0.05, 0.1) is 58.4 Å². The van der Waals surface area contributed by atoms with Gasteiger partial charge in [-0.3, -0.25) is 24.4 Å². The van der Waals surface area contributed by atoms with E-state index in [0.717, 1.165) is 73.8 Å². The quantitative estimate of drug-likeness (QED) is 0.129. The number of amides is 3. The van der Waals surface area contributed by atoms with Gasteiger partial charge in [0.15, 0.2) is 0 Å². The van der Waals surface area contributed by atoms with Gasteiger partial charge in [-0.1, -0.05) is 75.4 Å². The van der Waals surface area contributed by atoms with Crippen LogP contribution in [0, 0.1) is 12.3 Å². The number of aromatic amines is 1. The van der Waals surface area contributed by atoms with Crippen molar-refractivity contribution in [3.8, 4) is 32.8 Å². The van der Waals surface area contributed by atoms with Gasteiger partial charge >= 0.3 is 0 Å². The summed E-state index contributed by atoms with van der Waals surface area (Å²) in [5.74, 6) is -0.975. The van der Waals surface area contributed by atoms with E-state index in [2.05, 4.69) is 70.1 Å². The number of aliphatic hydroxyl groups excluding tert-OH is 1. The molecule has 3 amide bonds. The predicted molar refractivity (Wildman–Crippen MR) is 238 cm³/mol. The van der Waals surface area contributed by atoms with E-state index in [0.29, 0.717) is 13.1 Å². The second-order valence-electron chi connectivity index (χ2n) is 17.2. The number of para-hydroxylation sites is 1. The molecule has 0 bridgehead atoms. The fourth-order valence-corrected chi connectivity index (χ4v) is 9.10. The van der Waals surface area contributed by atoms with E-state index in [-0.39, 0.29) is 43.3 Å². The van der Waals surface area contributed by atoms with Crippen LogP contribution in [-0.2, 0) is 14.4 Å². The average molecular weight is 841 g/mol. The molecule has 4 atom stereocenters. The van der Waals surface area contributed by atoms with E-state index >= 15 is 0 Å². The van der Waals surface area contributed by atoms with Crippen LogP contribution in [0.3, 0.4) is 0 Å². The summed E-state index contributed by atoms with van der Waals surface area (Å²) in [6, 6.07) is 22.4. The summed E-state index contributed by atoms with van der Waals surface area (Å²) < 4.78 is 0. The van der Waals surface area contributed by atoms with Crippen LogP contribution in [0.2, 0.25) is 0 Å². The molecule has 3 aromatic carbocycles. The number of rotatable bonds is 11. The van der Waals surface area contributed by atoms with Crippen molar-refractivity contribution in [1.82, 2.24) is 45.8 Å². The summed E-state index contributed by atoms with van der Waals surface area (Å²) in [6.07, 6.45) is 2.84. The number of hydrogen-bond acceptors (Lipinski definition) is 11. The maximum atomic E-state index is 14.2. The molecule has 2 aliphatic heterocycles. The van der Waals surface area contributed by atoms with Crippen molar-refractivity contribution in [3.05, 3.63) is 102 Å². The largest absolute Gasteiger partial charge is 0.391 e. The average Bonchev–Trinajstić information content (AvgIpc) is 4.02. The zero-order chi connectivity index (χ0) is 42.8. The van der Waals surface area contributed by atoms with Crippen LogP contribution in [0.25, 0.3) is 43.7 Å². The van der Waals surface area contributed by atoms with E-state index in [4.69, 9.17) is 0 Å². The molecule has 1 unspecified atom stereocenters. The number of H-pyrrole nitrogens is 1. The minimum atomic E-state index is -0.897. The molecule has 0 saturated carbocycles. The van der Waals surface area contributed by atoms with Crippen molar-refractivity contribution in [1.29, 1.82) is 0 Å². The molecule has 8 rings (SSSR count). The smallest absolute Gasteiger partial charge is 0.246 e. The SMILES string of the molecule is Cc1ncsc1-c1ccc([C@H](C)NC(=O)[C@@H]2C[C@@H](O)CN2C(=O)C(NC(=O)CN2CCN(c3ccc(-c4cnnc(-c5cccc6cn[nH]c56)c4)cc3)CC2)C(C)(C)C)cc1. The van der Waals surface area contributed by atoms with Gasteiger partial charge in [0.2, 0.25) is 17.7 Å². The Morgan fingerprint density at radius 1 is 0.934 bits per heavy atom. The third-order valence-electron chi connectivity index (χ3n) is 11.8. The van der Waals surface area contributed by atoms with E-state index in [1.54, 1.807) is 23.7 Å². The van der Waals surface area contributed by atoms with Crippen LogP contribution < -0.4 is 15.5 Å². The van der Waals surface area contributed by atoms with Crippen LogP contribution in [0.4, 0.5) is 5.69 Å². The Balaban J connectivity index is 0.848. The molecule has 0 radical (unpaired) electrons. The molecule has 0 aliphatic carbocycles. The number of carbonyl (C=O) groups excluding carboxylic acids is 3. The molecule has 6 aromatic rings. The van der Waals surface area contributed by atoms with Gasteiger partial charge in [0.1, 0.15) is 12.1 Å². The Kier molecular flexibility index (Phi) is 12.0. The zero-order valence-electron chi connectivity index (χ0n) is 35.1. The predicted octanol–water partition coefficient (Wildman–Crippen LogP) is 5.61. The first-order chi connectivity index (χ1) is 29.3. The number of hydrogen-bond donors (Lipinski definition) is 4. The molecule has 15 heteroatoms. The number of carbonyl (C=O) groups is 3.